The summed E-state index contributed by atoms with van der Waals surface area (Å²) in [6.45, 7) is 0. The first-order valence-corrected chi connectivity index (χ1v) is 7.37. The fourth-order valence-corrected chi connectivity index (χ4v) is 3.64. The summed E-state index contributed by atoms with van der Waals surface area (Å²) in [5.41, 5.74) is 4.01. The van der Waals surface area contributed by atoms with Crippen molar-refractivity contribution in [2.24, 2.45) is 5.40 Å². The van der Waals surface area contributed by atoms with Gasteiger partial charge in [0.15, 0.2) is 5.78 Å². The van der Waals surface area contributed by atoms with Gasteiger partial charge in [0, 0.05) is 23.4 Å². The third-order valence-electron chi connectivity index (χ3n) is 3.30. The highest BCUT2D eigenvalue weighted by Crippen LogP contribution is 2.37. The molecule has 0 fully saturated rings. The Morgan fingerprint density at radius 3 is 2.94 bits per heavy atom. The van der Waals surface area contributed by atoms with Crippen LogP contribution in [0.25, 0.3) is 5.20 Å². The second-order valence-corrected chi connectivity index (χ2v) is 5.42. The summed E-state index contributed by atoms with van der Waals surface area (Å²) >= 11 is 0. The maximum atomic E-state index is 12.0. The van der Waals surface area contributed by atoms with Gasteiger partial charge in [0.05, 0.1) is 0 Å². The molecule has 0 atom stereocenters. The van der Waals surface area contributed by atoms with Crippen LogP contribution in [0, 0.1) is 0 Å². The predicted molar refractivity (Wildman–Crippen MR) is 72.0 cm³/mol. The normalized spacial score (nSPS) is 18.9. The van der Waals surface area contributed by atoms with Crippen molar-refractivity contribution in [3.05, 3.63) is 47.2 Å². The molecule has 1 aromatic carbocycles. The Kier molecular flexibility index (Phi) is 2.46. The zero-order valence-corrected chi connectivity index (χ0v) is 10.9. The standard InChI is InChI=1S/C13H14N2OSi/c14-17-13-8-4-1-2-5-9(8)15-10-6-3-7-11(16)12(10)13/h1-2,4-6,15H,3,7,14,17H2. The summed E-state index contributed by atoms with van der Waals surface area (Å²) in [4.78, 5) is 12.0. The van der Waals surface area contributed by atoms with E-state index in [-0.39, 0.29) is 5.78 Å². The van der Waals surface area contributed by atoms with Crippen molar-refractivity contribution >= 4 is 26.3 Å². The van der Waals surface area contributed by atoms with Crippen molar-refractivity contribution in [3.8, 4) is 0 Å². The molecule has 86 valence electrons. The maximum Gasteiger partial charge on any atom is 0.165 e. The van der Waals surface area contributed by atoms with Gasteiger partial charge in [-0.3, -0.25) is 4.79 Å². The first-order valence-electron chi connectivity index (χ1n) is 5.84. The highest BCUT2D eigenvalue weighted by molar-refractivity contribution is 6.60. The number of benzene rings is 1. The summed E-state index contributed by atoms with van der Waals surface area (Å²) in [7, 11) is -0.860. The van der Waals surface area contributed by atoms with Gasteiger partial charge in [0.1, 0.15) is 9.68 Å². The van der Waals surface area contributed by atoms with Crippen LogP contribution in [0.4, 0.5) is 5.69 Å². The summed E-state index contributed by atoms with van der Waals surface area (Å²) in [5, 5.41) is 10.4. The number of para-hydroxylation sites is 1. The van der Waals surface area contributed by atoms with E-state index in [1.807, 2.05) is 24.3 Å². The average molecular weight is 242 g/mol. The first-order chi connectivity index (χ1) is 8.31. The number of carbonyl (C=O) groups is 1. The van der Waals surface area contributed by atoms with Gasteiger partial charge in [-0.05, 0) is 23.2 Å². The van der Waals surface area contributed by atoms with E-state index in [0.717, 1.165) is 34.1 Å². The molecule has 0 saturated carbocycles. The number of carbonyl (C=O) groups excluding carboxylic acids is 1. The van der Waals surface area contributed by atoms with Crippen LogP contribution < -0.4 is 10.7 Å². The first kappa shape index (κ1) is 10.5. The number of hydrogen-bond acceptors (Lipinski definition) is 3. The highest BCUT2D eigenvalue weighted by Gasteiger charge is 2.27. The van der Waals surface area contributed by atoms with Crippen LogP contribution in [0.15, 0.2) is 41.6 Å². The zero-order valence-electron chi connectivity index (χ0n) is 9.49. The summed E-state index contributed by atoms with van der Waals surface area (Å²) in [5.74, 6) is 0.234. The second-order valence-electron chi connectivity index (χ2n) is 4.31. The molecular formula is C13H14N2OSi. The van der Waals surface area contributed by atoms with E-state index in [0.29, 0.717) is 6.42 Å². The Morgan fingerprint density at radius 2 is 2.12 bits per heavy atom. The molecule has 3 N–H and O–H groups in total. The molecule has 0 amide bonds. The lowest BCUT2D eigenvalue weighted by molar-refractivity contribution is -0.115. The van der Waals surface area contributed by atoms with Crippen LogP contribution in [-0.4, -0.2) is 15.5 Å². The van der Waals surface area contributed by atoms with Crippen molar-refractivity contribution in [1.29, 1.82) is 0 Å². The van der Waals surface area contributed by atoms with Gasteiger partial charge in [-0.1, -0.05) is 24.3 Å². The minimum atomic E-state index is -0.860. The maximum absolute atomic E-state index is 12.0. The molecule has 1 aliphatic heterocycles. The molecule has 17 heavy (non-hydrogen) atoms. The molecule has 1 aliphatic carbocycles. The molecule has 0 saturated heterocycles. The molecule has 0 unspecified atom stereocenters. The second kappa shape index (κ2) is 3.98. The summed E-state index contributed by atoms with van der Waals surface area (Å²) in [6, 6.07) is 8.07. The molecule has 2 aliphatic rings. The Balaban J connectivity index is 2.27. The van der Waals surface area contributed by atoms with Crippen molar-refractivity contribution in [1.82, 2.24) is 0 Å². The number of allylic oxidation sites excluding steroid dienone is 2. The van der Waals surface area contributed by atoms with Crippen LogP contribution in [0.2, 0.25) is 0 Å². The molecule has 0 spiro atoms. The monoisotopic (exact) mass is 242 g/mol. The lowest BCUT2D eigenvalue weighted by Crippen LogP contribution is -2.25. The summed E-state index contributed by atoms with van der Waals surface area (Å²) in [6.07, 6.45) is 3.55. The van der Waals surface area contributed by atoms with E-state index in [1.165, 1.54) is 0 Å². The number of fused-ring (bicyclic) bond motifs is 2. The molecule has 3 nitrogen and oxygen atoms in total. The number of ketones is 1. The minimum absolute atomic E-state index is 0.234. The van der Waals surface area contributed by atoms with Crippen molar-refractivity contribution in [2.75, 3.05) is 5.32 Å². The van der Waals surface area contributed by atoms with E-state index in [1.54, 1.807) is 0 Å². The predicted octanol–water partition coefficient (Wildman–Crippen LogP) is 1.11. The molecule has 1 aromatic rings. The molecule has 1 heterocycles. The third kappa shape index (κ3) is 1.57. The fourth-order valence-electron chi connectivity index (χ4n) is 2.52. The van der Waals surface area contributed by atoms with Gasteiger partial charge in [0.25, 0.3) is 0 Å². The average Bonchev–Trinajstić information content (AvgIpc) is 2.36. The number of nitrogens with two attached hydrogens (primary N) is 1. The Morgan fingerprint density at radius 1 is 1.29 bits per heavy atom. The van der Waals surface area contributed by atoms with E-state index in [9.17, 15) is 4.79 Å². The smallest absolute Gasteiger partial charge is 0.165 e. The number of nitrogens with one attached hydrogen (secondary N) is 1. The molecule has 4 heteroatoms. The van der Waals surface area contributed by atoms with Crippen LogP contribution in [-0.2, 0) is 4.79 Å². The minimum Gasteiger partial charge on any atom is -0.355 e. The number of rotatable bonds is 1. The van der Waals surface area contributed by atoms with Gasteiger partial charge in [-0.15, -0.1) is 0 Å². The quantitative estimate of drug-likeness (QED) is 0.725. The van der Waals surface area contributed by atoms with E-state index in [2.05, 4.69) is 11.4 Å². The molecule has 0 aromatic heterocycles. The third-order valence-corrected chi connectivity index (χ3v) is 4.44. The van der Waals surface area contributed by atoms with Gasteiger partial charge in [-0.2, -0.15) is 0 Å². The zero-order chi connectivity index (χ0) is 11.8. The van der Waals surface area contributed by atoms with E-state index >= 15 is 0 Å². The lowest BCUT2D eigenvalue weighted by Gasteiger charge is -2.28. The van der Waals surface area contributed by atoms with Crippen molar-refractivity contribution < 1.29 is 4.79 Å². The van der Waals surface area contributed by atoms with E-state index < -0.39 is 9.68 Å². The van der Waals surface area contributed by atoms with Gasteiger partial charge < -0.3 is 10.7 Å². The van der Waals surface area contributed by atoms with Gasteiger partial charge in [-0.25, -0.2) is 0 Å². The van der Waals surface area contributed by atoms with Gasteiger partial charge >= 0.3 is 0 Å². The van der Waals surface area contributed by atoms with Crippen LogP contribution in [0.5, 0.6) is 0 Å². The molecular weight excluding hydrogens is 228 g/mol. The van der Waals surface area contributed by atoms with Crippen molar-refractivity contribution in [2.45, 2.75) is 12.8 Å². The molecule has 0 radical (unpaired) electrons. The lowest BCUT2D eigenvalue weighted by atomic mass is 9.91. The number of anilines is 1. The summed E-state index contributed by atoms with van der Waals surface area (Å²) < 4.78 is 0. The Hall–Kier alpha value is -1.65. The van der Waals surface area contributed by atoms with Gasteiger partial charge in [0.2, 0.25) is 0 Å². The SMILES string of the molecule is N[SiH2]C1=C2C(=O)CCC=C2Nc2ccccc21. The Bertz CT molecular complexity index is 560. The van der Waals surface area contributed by atoms with Crippen LogP contribution >= 0.6 is 0 Å². The highest BCUT2D eigenvalue weighted by atomic mass is 28.2. The van der Waals surface area contributed by atoms with Crippen molar-refractivity contribution in [3.63, 3.8) is 0 Å². The Labute approximate surface area is 102 Å². The van der Waals surface area contributed by atoms with E-state index in [4.69, 9.17) is 5.40 Å². The fraction of sp³-hybridized carbons (Fsp3) is 0.154. The molecule has 3 rings (SSSR count). The molecule has 0 bridgehead atoms. The number of Topliss-reactive ketones (excluding diaryl/α,β-unsaturated/α-hetero) is 1. The van der Waals surface area contributed by atoms with Crippen LogP contribution in [0.3, 0.4) is 0 Å². The van der Waals surface area contributed by atoms with Crippen LogP contribution in [0.1, 0.15) is 18.4 Å². The topological polar surface area (TPSA) is 55.1 Å². The number of hydrogen-bond donors (Lipinski definition) is 2. The largest absolute Gasteiger partial charge is 0.355 e.